The van der Waals surface area contributed by atoms with Gasteiger partial charge in [-0.2, -0.15) is 13.2 Å². The summed E-state index contributed by atoms with van der Waals surface area (Å²) in [4.78, 5) is 19.4. The van der Waals surface area contributed by atoms with Crippen molar-refractivity contribution >= 4 is 17.4 Å². The number of amides is 1. The zero-order chi connectivity index (χ0) is 15.5. The highest BCUT2D eigenvalue weighted by molar-refractivity contribution is 6.02. The molecule has 0 unspecified atom stereocenters. The van der Waals surface area contributed by atoms with Gasteiger partial charge in [-0.1, -0.05) is 0 Å². The number of nitrogens with one attached hydrogen (secondary N) is 2. The van der Waals surface area contributed by atoms with Crippen LogP contribution in [-0.4, -0.2) is 15.9 Å². The molecule has 0 aliphatic rings. The topological polar surface area (TPSA) is 92.9 Å². The summed E-state index contributed by atoms with van der Waals surface area (Å²) in [5.74, 6) is 4.79. The Morgan fingerprint density at radius 3 is 2.24 bits per heavy atom. The predicted molar refractivity (Wildman–Crippen MR) is 69.2 cm³/mol. The lowest BCUT2D eigenvalue weighted by Gasteiger charge is -2.08. The Labute approximate surface area is 117 Å². The summed E-state index contributed by atoms with van der Waals surface area (Å²) < 4.78 is 37.2. The van der Waals surface area contributed by atoms with E-state index in [0.29, 0.717) is 0 Å². The zero-order valence-corrected chi connectivity index (χ0v) is 10.5. The summed E-state index contributed by atoms with van der Waals surface area (Å²) in [6.07, 6.45) is -1.98. The van der Waals surface area contributed by atoms with Crippen molar-refractivity contribution < 1.29 is 18.0 Å². The van der Waals surface area contributed by atoms with Crippen LogP contribution in [0.4, 0.5) is 24.7 Å². The van der Waals surface area contributed by atoms with Crippen molar-refractivity contribution in [2.45, 2.75) is 6.18 Å². The number of alkyl halides is 3. The van der Waals surface area contributed by atoms with Gasteiger partial charge in [0.15, 0.2) is 5.82 Å². The van der Waals surface area contributed by atoms with Gasteiger partial charge in [-0.3, -0.25) is 4.79 Å². The summed E-state index contributed by atoms with van der Waals surface area (Å²) in [5.41, 5.74) is 1.68. The molecule has 4 N–H and O–H groups in total. The van der Waals surface area contributed by atoms with Crippen LogP contribution in [0, 0.1) is 0 Å². The molecule has 9 heteroatoms. The number of hydrogen-bond acceptors (Lipinski definition) is 5. The normalized spacial score (nSPS) is 11.0. The standard InChI is InChI=1S/C12H10F3N5O/c13-12(14,15)7-1-3-8(4-2-7)19-11(21)9-5-18-10(20-16)6-17-9/h1-6H,16H2,(H,18,20)(H,19,21). The molecule has 0 spiro atoms. The highest BCUT2D eigenvalue weighted by Crippen LogP contribution is 2.29. The van der Waals surface area contributed by atoms with Gasteiger partial charge >= 0.3 is 6.18 Å². The summed E-state index contributed by atoms with van der Waals surface area (Å²) in [6, 6.07) is 4.07. The van der Waals surface area contributed by atoms with Crippen LogP contribution in [0.1, 0.15) is 16.1 Å². The fourth-order valence-electron chi connectivity index (χ4n) is 1.46. The molecular formula is C12H10F3N5O. The minimum atomic E-state index is -4.42. The number of carbonyl (C=O) groups is 1. The summed E-state index contributed by atoms with van der Waals surface area (Å²) in [5, 5.41) is 2.41. The van der Waals surface area contributed by atoms with Crippen molar-refractivity contribution in [3.63, 3.8) is 0 Å². The molecule has 0 bridgehead atoms. The number of nitrogen functional groups attached to an aromatic ring is 1. The molecule has 1 heterocycles. The minimum absolute atomic E-state index is 0.00824. The van der Waals surface area contributed by atoms with Crippen LogP contribution < -0.4 is 16.6 Å². The molecule has 0 saturated heterocycles. The highest BCUT2D eigenvalue weighted by atomic mass is 19.4. The maximum absolute atomic E-state index is 12.4. The van der Waals surface area contributed by atoms with Gasteiger partial charge in [0.05, 0.1) is 18.0 Å². The van der Waals surface area contributed by atoms with E-state index in [1.54, 1.807) is 0 Å². The molecule has 0 aliphatic heterocycles. The lowest BCUT2D eigenvalue weighted by atomic mass is 10.2. The minimum Gasteiger partial charge on any atom is -0.321 e. The number of aromatic nitrogens is 2. The second kappa shape index (κ2) is 5.75. The molecular weight excluding hydrogens is 287 g/mol. The van der Waals surface area contributed by atoms with Crippen LogP contribution in [-0.2, 0) is 6.18 Å². The molecule has 21 heavy (non-hydrogen) atoms. The monoisotopic (exact) mass is 297 g/mol. The van der Waals surface area contributed by atoms with Gasteiger partial charge in [-0.25, -0.2) is 15.8 Å². The van der Waals surface area contributed by atoms with E-state index < -0.39 is 17.6 Å². The molecule has 2 aromatic rings. The van der Waals surface area contributed by atoms with Crippen LogP contribution in [0.15, 0.2) is 36.7 Å². The van der Waals surface area contributed by atoms with E-state index in [1.165, 1.54) is 12.4 Å². The maximum Gasteiger partial charge on any atom is 0.416 e. The number of hydrazine groups is 1. The van der Waals surface area contributed by atoms with Crippen molar-refractivity contribution in [3.05, 3.63) is 47.9 Å². The second-order valence-electron chi connectivity index (χ2n) is 3.96. The number of halogens is 3. The third-order valence-corrected chi connectivity index (χ3v) is 2.50. The number of rotatable bonds is 3. The molecule has 0 aliphatic carbocycles. The van der Waals surface area contributed by atoms with Crippen molar-refractivity contribution in [2.24, 2.45) is 5.84 Å². The average molecular weight is 297 g/mol. The molecule has 6 nitrogen and oxygen atoms in total. The Balaban J connectivity index is 2.08. The Morgan fingerprint density at radius 1 is 1.10 bits per heavy atom. The SMILES string of the molecule is NNc1cnc(C(=O)Nc2ccc(C(F)(F)F)cc2)cn1. The van der Waals surface area contributed by atoms with Gasteiger partial charge < -0.3 is 10.7 Å². The molecule has 2 rings (SSSR count). The van der Waals surface area contributed by atoms with E-state index in [2.05, 4.69) is 20.7 Å². The lowest BCUT2D eigenvalue weighted by Crippen LogP contribution is -2.15. The number of benzene rings is 1. The second-order valence-corrected chi connectivity index (χ2v) is 3.96. The van der Waals surface area contributed by atoms with Gasteiger partial charge in [0, 0.05) is 5.69 Å². The molecule has 0 fully saturated rings. The number of nitrogens with two attached hydrogens (primary N) is 1. The van der Waals surface area contributed by atoms with Crippen molar-refractivity contribution in [1.82, 2.24) is 9.97 Å². The van der Waals surface area contributed by atoms with Gasteiger partial charge in [-0.05, 0) is 24.3 Å². The number of nitrogens with zero attached hydrogens (tertiary/aromatic N) is 2. The van der Waals surface area contributed by atoms with Crippen LogP contribution in [0.3, 0.4) is 0 Å². The lowest BCUT2D eigenvalue weighted by molar-refractivity contribution is -0.137. The van der Waals surface area contributed by atoms with E-state index in [1.807, 2.05) is 0 Å². The predicted octanol–water partition coefficient (Wildman–Crippen LogP) is 2.03. The molecule has 1 aromatic heterocycles. The van der Waals surface area contributed by atoms with Crippen LogP contribution in [0.25, 0.3) is 0 Å². The fourth-order valence-corrected chi connectivity index (χ4v) is 1.46. The van der Waals surface area contributed by atoms with Crippen molar-refractivity contribution in [2.75, 3.05) is 10.7 Å². The molecule has 0 atom stereocenters. The number of hydrogen-bond donors (Lipinski definition) is 3. The number of anilines is 2. The van der Waals surface area contributed by atoms with Crippen molar-refractivity contribution in [1.29, 1.82) is 0 Å². The van der Waals surface area contributed by atoms with E-state index >= 15 is 0 Å². The van der Waals surface area contributed by atoms with Crippen molar-refractivity contribution in [3.8, 4) is 0 Å². The summed E-state index contributed by atoms with van der Waals surface area (Å²) in [6.45, 7) is 0. The molecule has 1 amide bonds. The third-order valence-electron chi connectivity index (χ3n) is 2.50. The van der Waals surface area contributed by atoms with Gasteiger partial charge in [0.1, 0.15) is 5.69 Å². The van der Waals surface area contributed by atoms with Crippen LogP contribution in [0.5, 0.6) is 0 Å². The quantitative estimate of drug-likeness (QED) is 0.595. The molecule has 0 radical (unpaired) electrons. The smallest absolute Gasteiger partial charge is 0.321 e. The Bertz CT molecular complexity index is 625. The van der Waals surface area contributed by atoms with Gasteiger partial charge in [0.25, 0.3) is 5.91 Å². The van der Waals surface area contributed by atoms with Crippen LogP contribution >= 0.6 is 0 Å². The van der Waals surface area contributed by atoms with E-state index in [0.717, 1.165) is 24.3 Å². The van der Waals surface area contributed by atoms with Crippen LogP contribution in [0.2, 0.25) is 0 Å². The Kier molecular flexibility index (Phi) is 4.03. The first-order chi connectivity index (χ1) is 9.90. The first-order valence-electron chi connectivity index (χ1n) is 5.67. The largest absolute Gasteiger partial charge is 0.416 e. The molecule has 1 aromatic carbocycles. The first-order valence-corrected chi connectivity index (χ1v) is 5.67. The average Bonchev–Trinajstić information content (AvgIpc) is 2.47. The first kappa shape index (κ1) is 14.7. The zero-order valence-electron chi connectivity index (χ0n) is 10.5. The van der Waals surface area contributed by atoms with E-state index in [9.17, 15) is 18.0 Å². The molecule has 0 saturated carbocycles. The Morgan fingerprint density at radius 2 is 1.76 bits per heavy atom. The summed E-state index contributed by atoms with van der Waals surface area (Å²) >= 11 is 0. The molecule has 110 valence electrons. The summed E-state index contributed by atoms with van der Waals surface area (Å²) in [7, 11) is 0. The Hall–Kier alpha value is -2.68. The van der Waals surface area contributed by atoms with E-state index in [-0.39, 0.29) is 17.2 Å². The maximum atomic E-state index is 12.4. The highest BCUT2D eigenvalue weighted by Gasteiger charge is 2.30. The number of carbonyl (C=O) groups excluding carboxylic acids is 1. The van der Waals surface area contributed by atoms with Gasteiger partial charge in [0.2, 0.25) is 0 Å². The fraction of sp³-hybridized carbons (Fsp3) is 0.0833. The van der Waals surface area contributed by atoms with E-state index in [4.69, 9.17) is 5.84 Å². The third kappa shape index (κ3) is 3.66. The van der Waals surface area contributed by atoms with Gasteiger partial charge in [-0.15, -0.1) is 0 Å².